The van der Waals surface area contributed by atoms with E-state index >= 15 is 0 Å². The normalized spacial score (nSPS) is 13.0. The SMILES string of the molecule is CCN(CC)c1ccc2c(c1)Cc1cc(C(C)(C)C)ccc1-2. The molecule has 2 aromatic carbocycles. The van der Waals surface area contributed by atoms with Crippen molar-refractivity contribution in [2.75, 3.05) is 18.0 Å². The third-order valence-corrected chi connectivity index (χ3v) is 4.86. The lowest BCUT2D eigenvalue weighted by Crippen LogP contribution is -2.21. The molecule has 0 amide bonds. The number of rotatable bonds is 3. The molecular weight excluding hydrogens is 266 g/mol. The molecule has 22 heavy (non-hydrogen) atoms. The molecule has 0 unspecified atom stereocenters. The lowest BCUT2D eigenvalue weighted by atomic mass is 9.85. The zero-order valence-corrected chi connectivity index (χ0v) is 14.5. The number of hydrogen-bond acceptors (Lipinski definition) is 1. The van der Waals surface area contributed by atoms with Crippen LogP contribution < -0.4 is 4.90 Å². The Morgan fingerprint density at radius 3 is 2.05 bits per heavy atom. The summed E-state index contributed by atoms with van der Waals surface area (Å²) in [5, 5.41) is 0. The van der Waals surface area contributed by atoms with Gasteiger partial charge in [0.05, 0.1) is 0 Å². The Kier molecular flexibility index (Phi) is 3.76. The fourth-order valence-corrected chi connectivity index (χ4v) is 3.45. The molecule has 0 heterocycles. The number of fused-ring (bicyclic) bond motifs is 3. The van der Waals surface area contributed by atoms with E-state index in [2.05, 4.69) is 75.9 Å². The van der Waals surface area contributed by atoms with Crippen LogP contribution in [0.1, 0.15) is 51.3 Å². The second-order valence-corrected chi connectivity index (χ2v) is 7.31. The van der Waals surface area contributed by atoms with Gasteiger partial charge in [0.1, 0.15) is 0 Å². The molecule has 1 aliphatic rings. The molecule has 0 aromatic heterocycles. The van der Waals surface area contributed by atoms with Crippen molar-refractivity contribution in [1.82, 2.24) is 0 Å². The van der Waals surface area contributed by atoms with E-state index in [9.17, 15) is 0 Å². The van der Waals surface area contributed by atoms with E-state index in [-0.39, 0.29) is 5.41 Å². The summed E-state index contributed by atoms with van der Waals surface area (Å²) in [7, 11) is 0. The van der Waals surface area contributed by atoms with Crippen LogP contribution >= 0.6 is 0 Å². The first-order valence-corrected chi connectivity index (χ1v) is 8.45. The zero-order chi connectivity index (χ0) is 15.9. The largest absolute Gasteiger partial charge is 0.372 e. The standard InChI is InChI=1S/C21H27N/c1-6-22(7-2)18-9-11-20-16(14-18)12-15-13-17(21(3,4)5)8-10-19(15)20/h8-11,13-14H,6-7,12H2,1-5H3. The molecule has 0 radical (unpaired) electrons. The predicted molar refractivity (Wildman–Crippen MR) is 96.9 cm³/mol. The van der Waals surface area contributed by atoms with Crippen LogP contribution in [0, 0.1) is 0 Å². The molecule has 2 aromatic rings. The number of hydrogen-bond donors (Lipinski definition) is 0. The molecule has 116 valence electrons. The minimum Gasteiger partial charge on any atom is -0.372 e. The summed E-state index contributed by atoms with van der Waals surface area (Å²) >= 11 is 0. The quantitative estimate of drug-likeness (QED) is 0.625. The minimum atomic E-state index is 0.218. The summed E-state index contributed by atoms with van der Waals surface area (Å²) < 4.78 is 0. The van der Waals surface area contributed by atoms with Crippen molar-refractivity contribution in [2.24, 2.45) is 0 Å². The van der Waals surface area contributed by atoms with Crippen molar-refractivity contribution in [3.05, 3.63) is 53.1 Å². The molecule has 0 aliphatic heterocycles. The highest BCUT2D eigenvalue weighted by Gasteiger charge is 2.22. The van der Waals surface area contributed by atoms with Crippen molar-refractivity contribution in [3.8, 4) is 11.1 Å². The van der Waals surface area contributed by atoms with Crippen molar-refractivity contribution in [3.63, 3.8) is 0 Å². The molecule has 3 rings (SSSR count). The summed E-state index contributed by atoms with van der Waals surface area (Å²) in [5.41, 5.74) is 8.82. The summed E-state index contributed by atoms with van der Waals surface area (Å²) in [6.45, 7) is 13.4. The average molecular weight is 293 g/mol. The van der Waals surface area contributed by atoms with Crippen molar-refractivity contribution in [2.45, 2.75) is 46.5 Å². The predicted octanol–water partition coefficient (Wildman–Crippen LogP) is 5.40. The van der Waals surface area contributed by atoms with Crippen LogP contribution in [-0.2, 0) is 11.8 Å². The van der Waals surface area contributed by atoms with E-state index in [0.29, 0.717) is 0 Å². The molecule has 0 bridgehead atoms. The van der Waals surface area contributed by atoms with Crippen molar-refractivity contribution < 1.29 is 0 Å². The fraction of sp³-hybridized carbons (Fsp3) is 0.429. The molecule has 0 saturated heterocycles. The summed E-state index contributed by atoms with van der Waals surface area (Å²) in [6, 6.07) is 14.0. The maximum absolute atomic E-state index is 2.42. The molecule has 1 heteroatoms. The second kappa shape index (κ2) is 5.46. The lowest BCUT2D eigenvalue weighted by molar-refractivity contribution is 0.590. The van der Waals surface area contributed by atoms with Crippen LogP contribution in [0.25, 0.3) is 11.1 Å². The van der Waals surface area contributed by atoms with Crippen LogP contribution in [0.2, 0.25) is 0 Å². The van der Waals surface area contributed by atoms with Gasteiger partial charge in [0.2, 0.25) is 0 Å². The van der Waals surface area contributed by atoms with E-state index in [0.717, 1.165) is 19.5 Å². The Morgan fingerprint density at radius 1 is 0.864 bits per heavy atom. The Hall–Kier alpha value is -1.76. The van der Waals surface area contributed by atoms with Gasteiger partial charge in [-0.05, 0) is 65.6 Å². The molecular formula is C21H27N. The summed E-state index contributed by atoms with van der Waals surface area (Å²) in [6.07, 6.45) is 1.07. The third kappa shape index (κ3) is 2.54. The van der Waals surface area contributed by atoms with Gasteiger partial charge >= 0.3 is 0 Å². The molecule has 0 saturated carbocycles. The van der Waals surface area contributed by atoms with E-state index in [1.54, 1.807) is 0 Å². The van der Waals surface area contributed by atoms with Crippen LogP contribution in [0.15, 0.2) is 36.4 Å². The smallest absolute Gasteiger partial charge is 0.0369 e. The molecule has 0 spiro atoms. The Balaban J connectivity index is 1.99. The molecule has 1 aliphatic carbocycles. The first kappa shape index (κ1) is 15.1. The monoisotopic (exact) mass is 293 g/mol. The van der Waals surface area contributed by atoms with Gasteiger partial charge < -0.3 is 4.90 Å². The van der Waals surface area contributed by atoms with Gasteiger partial charge in [-0.2, -0.15) is 0 Å². The van der Waals surface area contributed by atoms with Gasteiger partial charge in [-0.1, -0.05) is 45.0 Å². The minimum absolute atomic E-state index is 0.218. The first-order chi connectivity index (χ1) is 10.4. The van der Waals surface area contributed by atoms with Crippen LogP contribution in [0.4, 0.5) is 5.69 Å². The van der Waals surface area contributed by atoms with Gasteiger partial charge in [-0.15, -0.1) is 0 Å². The Bertz CT molecular complexity index is 688. The lowest BCUT2D eigenvalue weighted by Gasteiger charge is -2.21. The van der Waals surface area contributed by atoms with E-state index in [1.807, 2.05) is 0 Å². The first-order valence-electron chi connectivity index (χ1n) is 8.45. The van der Waals surface area contributed by atoms with Crippen LogP contribution in [-0.4, -0.2) is 13.1 Å². The van der Waals surface area contributed by atoms with Gasteiger partial charge in [0, 0.05) is 18.8 Å². The number of benzene rings is 2. The number of nitrogens with zero attached hydrogens (tertiary/aromatic N) is 1. The van der Waals surface area contributed by atoms with E-state index in [1.165, 1.54) is 33.5 Å². The highest BCUT2D eigenvalue weighted by atomic mass is 15.1. The second-order valence-electron chi connectivity index (χ2n) is 7.31. The molecule has 1 nitrogen and oxygen atoms in total. The van der Waals surface area contributed by atoms with Crippen LogP contribution in [0.5, 0.6) is 0 Å². The topological polar surface area (TPSA) is 3.24 Å². The Labute approximate surface area is 135 Å². The van der Waals surface area contributed by atoms with Gasteiger partial charge in [0.25, 0.3) is 0 Å². The van der Waals surface area contributed by atoms with Gasteiger partial charge in [-0.3, -0.25) is 0 Å². The fourth-order valence-electron chi connectivity index (χ4n) is 3.45. The van der Waals surface area contributed by atoms with Crippen LogP contribution in [0.3, 0.4) is 0 Å². The van der Waals surface area contributed by atoms with E-state index in [4.69, 9.17) is 0 Å². The summed E-state index contributed by atoms with van der Waals surface area (Å²) in [5.74, 6) is 0. The highest BCUT2D eigenvalue weighted by Crippen LogP contribution is 2.40. The zero-order valence-electron chi connectivity index (χ0n) is 14.5. The molecule has 0 fully saturated rings. The van der Waals surface area contributed by atoms with Crippen molar-refractivity contribution >= 4 is 5.69 Å². The van der Waals surface area contributed by atoms with E-state index < -0.39 is 0 Å². The highest BCUT2D eigenvalue weighted by molar-refractivity contribution is 5.79. The average Bonchev–Trinajstić information content (AvgIpc) is 2.84. The number of anilines is 1. The van der Waals surface area contributed by atoms with Gasteiger partial charge in [-0.25, -0.2) is 0 Å². The summed E-state index contributed by atoms with van der Waals surface area (Å²) in [4.78, 5) is 2.42. The Morgan fingerprint density at radius 2 is 1.45 bits per heavy atom. The maximum atomic E-state index is 2.42. The molecule has 0 atom stereocenters. The maximum Gasteiger partial charge on any atom is 0.0369 e. The van der Waals surface area contributed by atoms with Gasteiger partial charge in [0.15, 0.2) is 0 Å². The molecule has 0 N–H and O–H groups in total. The van der Waals surface area contributed by atoms with Crippen molar-refractivity contribution in [1.29, 1.82) is 0 Å². The third-order valence-electron chi connectivity index (χ3n) is 4.86.